The van der Waals surface area contributed by atoms with Crippen LogP contribution in [0, 0.1) is 5.92 Å². The van der Waals surface area contributed by atoms with E-state index in [4.69, 9.17) is 0 Å². The van der Waals surface area contributed by atoms with E-state index < -0.39 is 27.6 Å². The van der Waals surface area contributed by atoms with Gasteiger partial charge in [0.15, 0.2) is 9.84 Å². The Bertz CT molecular complexity index is 857. The summed E-state index contributed by atoms with van der Waals surface area (Å²) in [5.41, 5.74) is -0.829. The number of hydrogen-bond acceptors (Lipinski definition) is 4. The van der Waals surface area contributed by atoms with Crippen LogP contribution >= 0.6 is 0 Å². The van der Waals surface area contributed by atoms with Crippen LogP contribution < -0.4 is 5.01 Å². The fourth-order valence-electron chi connectivity index (χ4n) is 3.63. The second kappa shape index (κ2) is 7.29. The molecular formula is C18H21F5N2O2S. The lowest BCUT2D eigenvalue weighted by atomic mass is 9.86. The maximum Gasteiger partial charge on any atom is 0.432 e. The van der Waals surface area contributed by atoms with Crippen LogP contribution in [-0.4, -0.2) is 44.9 Å². The van der Waals surface area contributed by atoms with Crippen molar-refractivity contribution in [3.05, 3.63) is 36.0 Å². The van der Waals surface area contributed by atoms with E-state index in [-0.39, 0.29) is 55.3 Å². The largest absolute Gasteiger partial charge is 0.432 e. The molecule has 1 fully saturated rings. The highest BCUT2D eigenvalue weighted by molar-refractivity contribution is 7.90. The molecule has 28 heavy (non-hydrogen) atoms. The molecule has 1 saturated carbocycles. The first-order valence-electron chi connectivity index (χ1n) is 8.87. The van der Waals surface area contributed by atoms with Crippen LogP contribution in [-0.2, 0) is 9.84 Å². The van der Waals surface area contributed by atoms with Crippen molar-refractivity contribution in [1.82, 2.24) is 5.01 Å². The molecule has 156 valence electrons. The normalized spacial score (nSPS) is 21.8. The molecule has 2 aliphatic rings. The molecule has 0 amide bonds. The second-order valence-electron chi connectivity index (χ2n) is 7.34. The van der Waals surface area contributed by atoms with Gasteiger partial charge in [-0.05, 0) is 43.0 Å². The molecular weight excluding hydrogens is 403 g/mol. The van der Waals surface area contributed by atoms with E-state index in [1.54, 1.807) is 0 Å². The molecule has 0 bridgehead atoms. The van der Waals surface area contributed by atoms with Crippen molar-refractivity contribution in [3.63, 3.8) is 0 Å². The molecule has 1 aromatic carbocycles. The Kier molecular flexibility index (Phi) is 5.48. The van der Waals surface area contributed by atoms with Gasteiger partial charge < -0.3 is 0 Å². The average molecular weight is 424 g/mol. The molecule has 0 atom stereocenters. The third-order valence-corrected chi connectivity index (χ3v) is 6.20. The standard InChI is InChI=1S/C18H21F5N2O2S/c1-28(26,27)15-4-2-3-14(11-15)25-16(18(21,22)23)7-10-24(25)12-13-5-8-17(19,20)9-6-13/h2-4,7,11,13H,5-6,8-10,12H2,1H3. The van der Waals surface area contributed by atoms with E-state index >= 15 is 0 Å². The molecule has 3 rings (SSSR count). The van der Waals surface area contributed by atoms with Gasteiger partial charge in [0.25, 0.3) is 0 Å². The number of sulfone groups is 1. The highest BCUT2D eigenvalue weighted by Crippen LogP contribution is 2.40. The zero-order valence-electron chi connectivity index (χ0n) is 15.2. The Morgan fingerprint density at radius 1 is 1.18 bits per heavy atom. The topological polar surface area (TPSA) is 40.6 Å². The van der Waals surface area contributed by atoms with E-state index in [1.807, 2.05) is 0 Å². The van der Waals surface area contributed by atoms with Gasteiger partial charge in [0, 0.05) is 32.2 Å². The highest BCUT2D eigenvalue weighted by Gasteiger charge is 2.44. The molecule has 0 N–H and O–H groups in total. The van der Waals surface area contributed by atoms with Gasteiger partial charge in [-0.3, -0.25) is 5.01 Å². The van der Waals surface area contributed by atoms with E-state index in [0.717, 1.165) is 17.3 Å². The maximum absolute atomic E-state index is 13.5. The summed E-state index contributed by atoms with van der Waals surface area (Å²) in [6.45, 7) is 0.167. The van der Waals surface area contributed by atoms with E-state index in [0.29, 0.717) is 0 Å². The molecule has 10 heteroatoms. The van der Waals surface area contributed by atoms with Crippen molar-refractivity contribution >= 4 is 15.5 Å². The summed E-state index contributed by atoms with van der Waals surface area (Å²) in [6, 6.07) is 5.31. The summed E-state index contributed by atoms with van der Waals surface area (Å²) in [6.07, 6.45) is -2.68. The number of alkyl halides is 5. The lowest BCUT2D eigenvalue weighted by molar-refractivity contribution is -0.0956. The molecule has 0 spiro atoms. The van der Waals surface area contributed by atoms with Crippen LogP contribution in [0.5, 0.6) is 0 Å². The number of rotatable bonds is 4. The summed E-state index contributed by atoms with van der Waals surface area (Å²) in [5, 5.41) is 2.40. The minimum atomic E-state index is -4.63. The number of nitrogens with zero attached hydrogens (tertiary/aromatic N) is 2. The van der Waals surface area contributed by atoms with Crippen LogP contribution in [0.15, 0.2) is 40.9 Å². The van der Waals surface area contributed by atoms with Gasteiger partial charge in [-0.2, -0.15) is 13.2 Å². The molecule has 1 heterocycles. The Labute approximate surface area is 160 Å². The molecule has 0 unspecified atom stereocenters. The Morgan fingerprint density at radius 3 is 2.39 bits per heavy atom. The fraction of sp³-hybridized carbons (Fsp3) is 0.556. The van der Waals surface area contributed by atoms with Gasteiger partial charge in [0.1, 0.15) is 5.70 Å². The number of anilines is 1. The van der Waals surface area contributed by atoms with Crippen LogP contribution in [0.4, 0.5) is 27.6 Å². The van der Waals surface area contributed by atoms with Gasteiger partial charge in [0.05, 0.1) is 10.6 Å². The first-order valence-corrected chi connectivity index (χ1v) is 10.8. The van der Waals surface area contributed by atoms with Crippen LogP contribution in [0.2, 0.25) is 0 Å². The van der Waals surface area contributed by atoms with Crippen molar-refractivity contribution < 1.29 is 30.4 Å². The van der Waals surface area contributed by atoms with E-state index in [2.05, 4.69) is 0 Å². The quantitative estimate of drug-likeness (QED) is 0.672. The molecule has 0 aromatic heterocycles. The SMILES string of the molecule is CS(=O)(=O)c1cccc(N2C(C(F)(F)F)=CCN2CC2CCC(F)(F)CC2)c1. The smallest absolute Gasteiger partial charge is 0.269 e. The predicted octanol–water partition coefficient (Wildman–Crippen LogP) is 4.40. The first kappa shape index (κ1) is 21.0. The molecule has 0 saturated heterocycles. The zero-order valence-corrected chi connectivity index (χ0v) is 16.0. The molecule has 0 radical (unpaired) electrons. The number of hydrazine groups is 1. The summed E-state index contributed by atoms with van der Waals surface area (Å²) in [5.74, 6) is -2.86. The summed E-state index contributed by atoms with van der Waals surface area (Å²) >= 11 is 0. The van der Waals surface area contributed by atoms with Gasteiger partial charge in [-0.1, -0.05) is 6.07 Å². The minimum Gasteiger partial charge on any atom is -0.269 e. The van der Waals surface area contributed by atoms with Crippen molar-refractivity contribution in [1.29, 1.82) is 0 Å². The van der Waals surface area contributed by atoms with Crippen LogP contribution in [0.25, 0.3) is 0 Å². The van der Waals surface area contributed by atoms with Gasteiger partial charge in [-0.25, -0.2) is 22.2 Å². The summed E-state index contributed by atoms with van der Waals surface area (Å²) in [4.78, 5) is -0.0873. The molecule has 4 nitrogen and oxygen atoms in total. The monoisotopic (exact) mass is 424 g/mol. The Hall–Kier alpha value is -1.68. The van der Waals surface area contributed by atoms with Crippen molar-refractivity contribution in [2.24, 2.45) is 5.92 Å². The van der Waals surface area contributed by atoms with Crippen molar-refractivity contribution in [2.45, 2.75) is 42.7 Å². The Balaban J connectivity index is 1.88. The predicted molar refractivity (Wildman–Crippen MR) is 94.6 cm³/mol. The lowest BCUT2D eigenvalue weighted by Gasteiger charge is -2.37. The second-order valence-corrected chi connectivity index (χ2v) is 9.36. The van der Waals surface area contributed by atoms with Crippen molar-refractivity contribution in [2.75, 3.05) is 24.4 Å². The highest BCUT2D eigenvalue weighted by atomic mass is 32.2. The van der Waals surface area contributed by atoms with Gasteiger partial charge in [0.2, 0.25) is 5.92 Å². The van der Waals surface area contributed by atoms with E-state index in [1.165, 1.54) is 29.3 Å². The molecule has 1 aromatic rings. The first-order chi connectivity index (χ1) is 12.9. The van der Waals surface area contributed by atoms with Crippen LogP contribution in [0.1, 0.15) is 25.7 Å². The van der Waals surface area contributed by atoms with Crippen molar-refractivity contribution in [3.8, 4) is 0 Å². The van der Waals surface area contributed by atoms with E-state index in [9.17, 15) is 30.4 Å². The third kappa shape index (κ3) is 4.65. The van der Waals surface area contributed by atoms with Gasteiger partial charge >= 0.3 is 6.18 Å². The Morgan fingerprint density at radius 2 is 1.82 bits per heavy atom. The maximum atomic E-state index is 13.5. The minimum absolute atomic E-state index is 0.0230. The summed E-state index contributed by atoms with van der Waals surface area (Å²) < 4.78 is 90.9. The fourth-order valence-corrected chi connectivity index (χ4v) is 4.29. The zero-order chi connectivity index (χ0) is 20.7. The number of allylic oxidation sites excluding steroid dienone is 1. The third-order valence-electron chi connectivity index (χ3n) is 5.09. The van der Waals surface area contributed by atoms with Crippen LogP contribution in [0.3, 0.4) is 0 Å². The molecule has 1 aliphatic carbocycles. The summed E-state index contributed by atoms with van der Waals surface area (Å²) in [7, 11) is -3.59. The number of halogens is 5. The van der Waals surface area contributed by atoms with Gasteiger partial charge in [-0.15, -0.1) is 0 Å². The number of hydrogen-bond donors (Lipinski definition) is 0. The average Bonchev–Trinajstić information content (AvgIpc) is 3.00. The number of benzene rings is 1. The molecule has 1 aliphatic heterocycles. The lowest BCUT2D eigenvalue weighted by Crippen LogP contribution is -2.44.